The topological polar surface area (TPSA) is 21.3 Å². The number of likely N-dealkylation sites (N-methyl/N-ethyl adjacent to an activating group) is 1. The van der Waals surface area contributed by atoms with E-state index in [-0.39, 0.29) is 0 Å². The fourth-order valence-electron chi connectivity index (χ4n) is 1.90. The third kappa shape index (κ3) is 2.96. The summed E-state index contributed by atoms with van der Waals surface area (Å²) >= 11 is 0. The molecule has 0 saturated heterocycles. The Kier molecular flexibility index (Phi) is 4.63. The Labute approximate surface area is 92.6 Å². The van der Waals surface area contributed by atoms with E-state index in [1.54, 1.807) is 7.11 Å². The summed E-state index contributed by atoms with van der Waals surface area (Å²) in [5, 5.41) is 3.24. The van der Waals surface area contributed by atoms with Crippen molar-refractivity contribution in [1.82, 2.24) is 5.32 Å². The van der Waals surface area contributed by atoms with Crippen molar-refractivity contribution in [2.45, 2.75) is 19.8 Å². The maximum atomic E-state index is 5.40. The predicted octanol–water partition coefficient (Wildman–Crippen LogP) is 2.65. The third-order valence-electron chi connectivity index (χ3n) is 2.77. The number of benzene rings is 1. The highest BCUT2D eigenvalue weighted by Gasteiger charge is 2.18. The Morgan fingerprint density at radius 2 is 1.93 bits per heavy atom. The number of hydrogen-bond donors (Lipinski definition) is 1. The standard InChI is InChI=1S/C13H21NO/c1-10(2)12(9-14-3)11-7-5-6-8-13(11)15-4/h5-8,10,12,14H,9H2,1-4H3. The van der Waals surface area contributed by atoms with Crippen LogP contribution in [0.2, 0.25) is 0 Å². The monoisotopic (exact) mass is 207 g/mol. The highest BCUT2D eigenvalue weighted by molar-refractivity contribution is 5.36. The summed E-state index contributed by atoms with van der Waals surface area (Å²) in [6.45, 7) is 5.47. The van der Waals surface area contributed by atoms with Crippen LogP contribution in [0.25, 0.3) is 0 Å². The lowest BCUT2D eigenvalue weighted by Crippen LogP contribution is -2.21. The molecule has 84 valence electrons. The van der Waals surface area contributed by atoms with Crippen LogP contribution in [0.3, 0.4) is 0 Å². The maximum Gasteiger partial charge on any atom is 0.122 e. The lowest BCUT2D eigenvalue weighted by atomic mass is 9.88. The molecule has 1 unspecified atom stereocenters. The van der Waals surface area contributed by atoms with E-state index in [1.807, 2.05) is 19.2 Å². The Morgan fingerprint density at radius 3 is 2.47 bits per heavy atom. The van der Waals surface area contributed by atoms with Crippen molar-refractivity contribution in [1.29, 1.82) is 0 Å². The first-order valence-corrected chi connectivity index (χ1v) is 5.48. The fourth-order valence-corrected chi connectivity index (χ4v) is 1.90. The molecule has 1 aromatic carbocycles. The van der Waals surface area contributed by atoms with E-state index in [4.69, 9.17) is 4.74 Å². The van der Waals surface area contributed by atoms with Crippen molar-refractivity contribution in [2.75, 3.05) is 20.7 Å². The molecule has 0 radical (unpaired) electrons. The van der Waals surface area contributed by atoms with Crippen LogP contribution in [0, 0.1) is 5.92 Å². The van der Waals surface area contributed by atoms with Crippen LogP contribution in [0.4, 0.5) is 0 Å². The largest absolute Gasteiger partial charge is 0.496 e. The molecule has 0 bridgehead atoms. The fraction of sp³-hybridized carbons (Fsp3) is 0.538. The van der Waals surface area contributed by atoms with Crippen molar-refractivity contribution in [2.24, 2.45) is 5.92 Å². The molecular formula is C13H21NO. The zero-order chi connectivity index (χ0) is 11.3. The van der Waals surface area contributed by atoms with Crippen LogP contribution in [0.1, 0.15) is 25.3 Å². The third-order valence-corrected chi connectivity index (χ3v) is 2.77. The van der Waals surface area contributed by atoms with E-state index >= 15 is 0 Å². The maximum absolute atomic E-state index is 5.40. The summed E-state index contributed by atoms with van der Waals surface area (Å²) in [6, 6.07) is 8.27. The van der Waals surface area contributed by atoms with E-state index < -0.39 is 0 Å². The summed E-state index contributed by atoms with van der Waals surface area (Å²) in [6.07, 6.45) is 0. The number of ether oxygens (including phenoxy) is 1. The van der Waals surface area contributed by atoms with Gasteiger partial charge in [-0.2, -0.15) is 0 Å². The SMILES string of the molecule is CNCC(c1ccccc1OC)C(C)C. The molecule has 0 aromatic heterocycles. The molecule has 1 rings (SSSR count). The molecule has 0 amide bonds. The number of rotatable bonds is 5. The average molecular weight is 207 g/mol. The van der Waals surface area contributed by atoms with Gasteiger partial charge in [-0.1, -0.05) is 32.0 Å². The zero-order valence-electron chi connectivity index (χ0n) is 10.1. The van der Waals surface area contributed by atoms with Crippen LogP contribution in [0.5, 0.6) is 5.75 Å². The zero-order valence-corrected chi connectivity index (χ0v) is 10.1. The molecule has 1 aromatic rings. The first-order valence-electron chi connectivity index (χ1n) is 5.48. The highest BCUT2D eigenvalue weighted by Crippen LogP contribution is 2.31. The van der Waals surface area contributed by atoms with Crippen molar-refractivity contribution in [3.8, 4) is 5.75 Å². The van der Waals surface area contributed by atoms with Crippen molar-refractivity contribution in [3.63, 3.8) is 0 Å². The molecule has 0 spiro atoms. The van der Waals surface area contributed by atoms with Gasteiger partial charge < -0.3 is 10.1 Å². The van der Waals surface area contributed by atoms with E-state index in [2.05, 4.69) is 31.3 Å². The molecule has 0 aliphatic carbocycles. The van der Waals surface area contributed by atoms with E-state index in [0.29, 0.717) is 11.8 Å². The summed E-state index contributed by atoms with van der Waals surface area (Å²) in [5.41, 5.74) is 1.30. The second-order valence-corrected chi connectivity index (χ2v) is 4.15. The van der Waals surface area contributed by atoms with Crippen LogP contribution in [0.15, 0.2) is 24.3 Å². The molecule has 2 heteroatoms. The molecule has 1 atom stereocenters. The van der Waals surface area contributed by atoms with E-state index in [9.17, 15) is 0 Å². The highest BCUT2D eigenvalue weighted by atomic mass is 16.5. The first-order chi connectivity index (χ1) is 7.20. The van der Waals surface area contributed by atoms with Gasteiger partial charge in [0.15, 0.2) is 0 Å². The number of para-hydroxylation sites is 1. The molecule has 0 saturated carbocycles. The summed E-state index contributed by atoms with van der Waals surface area (Å²) in [7, 11) is 3.72. The van der Waals surface area contributed by atoms with Crippen LogP contribution >= 0.6 is 0 Å². The van der Waals surface area contributed by atoms with Crippen LogP contribution in [-0.2, 0) is 0 Å². The van der Waals surface area contributed by atoms with Gasteiger partial charge >= 0.3 is 0 Å². The number of hydrogen-bond acceptors (Lipinski definition) is 2. The van der Waals surface area contributed by atoms with Gasteiger partial charge in [0.05, 0.1) is 7.11 Å². The summed E-state index contributed by atoms with van der Waals surface area (Å²) in [5.74, 6) is 2.10. The summed E-state index contributed by atoms with van der Waals surface area (Å²) in [4.78, 5) is 0. The van der Waals surface area contributed by atoms with Gasteiger partial charge in [0.1, 0.15) is 5.75 Å². The molecule has 2 nitrogen and oxygen atoms in total. The van der Waals surface area contributed by atoms with Gasteiger partial charge in [-0.15, -0.1) is 0 Å². The molecule has 0 aliphatic rings. The Bertz CT molecular complexity index is 296. The molecule has 1 N–H and O–H groups in total. The predicted molar refractivity (Wildman–Crippen MR) is 64.5 cm³/mol. The quantitative estimate of drug-likeness (QED) is 0.801. The molecular weight excluding hydrogens is 186 g/mol. The van der Waals surface area contributed by atoms with Gasteiger partial charge in [-0.25, -0.2) is 0 Å². The Morgan fingerprint density at radius 1 is 1.27 bits per heavy atom. The van der Waals surface area contributed by atoms with E-state index in [0.717, 1.165) is 12.3 Å². The minimum Gasteiger partial charge on any atom is -0.496 e. The Hall–Kier alpha value is -1.02. The lowest BCUT2D eigenvalue weighted by molar-refractivity contribution is 0.392. The minimum atomic E-state index is 0.506. The molecule has 0 aliphatic heterocycles. The summed E-state index contributed by atoms with van der Waals surface area (Å²) < 4.78 is 5.40. The van der Waals surface area contributed by atoms with Gasteiger partial charge in [0.2, 0.25) is 0 Å². The van der Waals surface area contributed by atoms with Crippen LogP contribution in [-0.4, -0.2) is 20.7 Å². The van der Waals surface area contributed by atoms with Gasteiger partial charge in [0.25, 0.3) is 0 Å². The van der Waals surface area contributed by atoms with E-state index in [1.165, 1.54) is 5.56 Å². The van der Waals surface area contributed by atoms with Gasteiger partial charge in [-0.3, -0.25) is 0 Å². The van der Waals surface area contributed by atoms with Gasteiger partial charge in [-0.05, 0) is 24.6 Å². The van der Waals surface area contributed by atoms with Gasteiger partial charge in [0, 0.05) is 12.5 Å². The van der Waals surface area contributed by atoms with Crippen molar-refractivity contribution in [3.05, 3.63) is 29.8 Å². The minimum absolute atomic E-state index is 0.506. The second kappa shape index (κ2) is 5.76. The lowest BCUT2D eigenvalue weighted by Gasteiger charge is -2.23. The normalized spacial score (nSPS) is 12.9. The molecule has 15 heavy (non-hydrogen) atoms. The first kappa shape index (κ1) is 12.1. The van der Waals surface area contributed by atoms with Crippen LogP contribution < -0.4 is 10.1 Å². The second-order valence-electron chi connectivity index (χ2n) is 4.15. The number of nitrogens with one attached hydrogen (secondary N) is 1. The Balaban J connectivity index is 2.98. The number of methoxy groups -OCH3 is 1. The molecule has 0 fully saturated rings. The average Bonchev–Trinajstić information content (AvgIpc) is 2.25. The van der Waals surface area contributed by atoms with Crippen molar-refractivity contribution >= 4 is 0 Å². The smallest absolute Gasteiger partial charge is 0.122 e. The molecule has 0 heterocycles. The van der Waals surface area contributed by atoms with Crippen molar-refractivity contribution < 1.29 is 4.74 Å².